The highest BCUT2D eigenvalue weighted by Crippen LogP contribution is 2.33. The number of ether oxygens (including phenoxy) is 2. The number of rotatable bonds is 7. The van der Waals surface area contributed by atoms with Crippen LogP contribution in [0.4, 0.5) is 5.69 Å². The smallest absolute Gasteiger partial charge is 0.274 e. The van der Waals surface area contributed by atoms with Gasteiger partial charge in [0.2, 0.25) is 6.79 Å². The highest BCUT2D eigenvalue weighted by molar-refractivity contribution is 5.96. The molecule has 0 aromatic heterocycles. The molecule has 2 aromatic rings. The first-order valence-electron chi connectivity index (χ1n) is 8.35. The molecule has 136 valence electrons. The fourth-order valence-electron chi connectivity index (χ4n) is 2.94. The normalized spacial score (nSPS) is 12.4. The molecule has 0 unspecified atom stereocenters. The first kappa shape index (κ1) is 17.9. The molecule has 0 N–H and O–H groups in total. The lowest BCUT2D eigenvalue weighted by atomic mass is 10.0. The third kappa shape index (κ3) is 3.83. The lowest BCUT2D eigenvalue weighted by Gasteiger charge is -2.17. The maximum absolute atomic E-state index is 11.8. The maximum atomic E-state index is 11.8. The van der Waals surface area contributed by atoms with Crippen LogP contribution in [0.2, 0.25) is 0 Å². The van der Waals surface area contributed by atoms with Crippen molar-refractivity contribution >= 4 is 11.5 Å². The molecule has 0 aliphatic carbocycles. The van der Waals surface area contributed by atoms with Gasteiger partial charge in [-0.2, -0.15) is 0 Å². The number of nitro benzene ring substituents is 1. The van der Waals surface area contributed by atoms with Gasteiger partial charge in [-0.25, -0.2) is 0 Å². The van der Waals surface area contributed by atoms with Crippen LogP contribution >= 0.6 is 0 Å². The number of carbonyl (C=O) groups is 1. The Hall–Kier alpha value is -2.93. The third-order valence-electron chi connectivity index (χ3n) is 4.25. The molecule has 26 heavy (non-hydrogen) atoms. The monoisotopic (exact) mass is 356 g/mol. The van der Waals surface area contributed by atoms with Crippen molar-refractivity contribution < 1.29 is 19.2 Å². The Morgan fingerprint density at radius 1 is 1.15 bits per heavy atom. The number of hydrogen-bond donors (Lipinski definition) is 0. The van der Waals surface area contributed by atoms with Gasteiger partial charge in [0, 0.05) is 36.7 Å². The summed E-state index contributed by atoms with van der Waals surface area (Å²) in [6.45, 7) is 2.96. The third-order valence-corrected chi connectivity index (χ3v) is 4.25. The number of carbonyl (C=O) groups excluding carboxylic acids is 1. The molecule has 3 rings (SSSR count). The standard InChI is InChI=1S/C19H20N2O5/c1-3-17(22)14-5-6-15(16(9-14)21(23)24)11-20(2)10-13-4-7-18-19(8-13)26-12-25-18/h4-9H,3,10-12H2,1-2H3. The van der Waals surface area contributed by atoms with Gasteiger partial charge in [0.25, 0.3) is 5.69 Å². The predicted molar refractivity (Wildman–Crippen MR) is 95.5 cm³/mol. The summed E-state index contributed by atoms with van der Waals surface area (Å²) in [5.41, 5.74) is 1.95. The minimum Gasteiger partial charge on any atom is -0.454 e. The van der Waals surface area contributed by atoms with Crippen molar-refractivity contribution in [1.29, 1.82) is 0 Å². The van der Waals surface area contributed by atoms with E-state index in [1.165, 1.54) is 6.07 Å². The number of nitro groups is 1. The van der Waals surface area contributed by atoms with Gasteiger partial charge in [-0.3, -0.25) is 19.8 Å². The van der Waals surface area contributed by atoms with Gasteiger partial charge in [0.05, 0.1) is 4.92 Å². The van der Waals surface area contributed by atoms with E-state index in [4.69, 9.17) is 9.47 Å². The van der Waals surface area contributed by atoms with E-state index >= 15 is 0 Å². The molecule has 0 bridgehead atoms. The summed E-state index contributed by atoms with van der Waals surface area (Å²) in [4.78, 5) is 24.7. The van der Waals surface area contributed by atoms with E-state index in [2.05, 4.69) is 0 Å². The number of Topliss-reactive ketones (excluding diaryl/α,β-unsaturated/α-hetero) is 1. The Bertz CT molecular complexity index is 850. The lowest BCUT2D eigenvalue weighted by Crippen LogP contribution is -2.18. The van der Waals surface area contributed by atoms with Crippen LogP contribution in [0.3, 0.4) is 0 Å². The van der Waals surface area contributed by atoms with E-state index in [9.17, 15) is 14.9 Å². The molecule has 1 heterocycles. The van der Waals surface area contributed by atoms with Gasteiger partial charge in [0.15, 0.2) is 17.3 Å². The Morgan fingerprint density at radius 2 is 1.92 bits per heavy atom. The van der Waals surface area contributed by atoms with Gasteiger partial charge in [-0.05, 0) is 24.7 Å². The molecular weight excluding hydrogens is 336 g/mol. The molecule has 0 spiro atoms. The van der Waals surface area contributed by atoms with E-state index < -0.39 is 4.92 Å². The highest BCUT2D eigenvalue weighted by atomic mass is 16.7. The molecule has 7 heteroatoms. The zero-order chi connectivity index (χ0) is 18.7. The van der Waals surface area contributed by atoms with Gasteiger partial charge in [-0.15, -0.1) is 0 Å². The van der Waals surface area contributed by atoms with E-state index in [0.29, 0.717) is 36.4 Å². The van der Waals surface area contributed by atoms with Gasteiger partial charge in [0.1, 0.15) is 0 Å². The molecule has 1 aliphatic heterocycles. The van der Waals surface area contributed by atoms with Crippen LogP contribution in [0.5, 0.6) is 11.5 Å². The van der Waals surface area contributed by atoms with Crippen molar-refractivity contribution in [2.24, 2.45) is 0 Å². The van der Waals surface area contributed by atoms with E-state index in [0.717, 1.165) is 11.3 Å². The van der Waals surface area contributed by atoms with Crippen molar-refractivity contribution in [3.63, 3.8) is 0 Å². The first-order valence-corrected chi connectivity index (χ1v) is 8.35. The number of ketones is 1. The molecule has 0 saturated heterocycles. The molecule has 0 fully saturated rings. The van der Waals surface area contributed by atoms with Crippen molar-refractivity contribution in [2.45, 2.75) is 26.4 Å². The van der Waals surface area contributed by atoms with Gasteiger partial charge < -0.3 is 9.47 Å². The molecule has 0 radical (unpaired) electrons. The van der Waals surface area contributed by atoms with Crippen LogP contribution in [0.25, 0.3) is 0 Å². The number of fused-ring (bicyclic) bond motifs is 1. The fourth-order valence-corrected chi connectivity index (χ4v) is 2.94. The molecule has 0 atom stereocenters. The largest absolute Gasteiger partial charge is 0.454 e. The summed E-state index contributed by atoms with van der Waals surface area (Å²) in [7, 11) is 1.89. The van der Waals surface area contributed by atoms with Crippen LogP contribution in [0.1, 0.15) is 34.8 Å². The summed E-state index contributed by atoms with van der Waals surface area (Å²) < 4.78 is 10.7. The molecule has 1 aliphatic rings. The van der Waals surface area contributed by atoms with E-state index in [-0.39, 0.29) is 18.3 Å². The minimum atomic E-state index is -0.434. The SMILES string of the molecule is CCC(=O)c1ccc(CN(C)Cc2ccc3c(c2)OCO3)c([N+](=O)[O-])c1. The second-order valence-electron chi connectivity index (χ2n) is 6.24. The van der Waals surface area contributed by atoms with E-state index in [1.807, 2.05) is 30.1 Å². The minimum absolute atomic E-state index is 0.0261. The average Bonchev–Trinajstić information content (AvgIpc) is 3.08. The Labute approximate surface area is 151 Å². The zero-order valence-electron chi connectivity index (χ0n) is 14.7. The van der Waals surface area contributed by atoms with Crippen molar-refractivity contribution in [2.75, 3.05) is 13.8 Å². The zero-order valence-corrected chi connectivity index (χ0v) is 14.7. The Kier molecular flexibility index (Phi) is 5.18. The Morgan fingerprint density at radius 3 is 2.65 bits per heavy atom. The maximum Gasteiger partial charge on any atom is 0.274 e. The van der Waals surface area contributed by atoms with Crippen molar-refractivity contribution in [3.05, 3.63) is 63.2 Å². The van der Waals surface area contributed by atoms with E-state index in [1.54, 1.807) is 19.1 Å². The van der Waals surface area contributed by atoms with Crippen molar-refractivity contribution in [1.82, 2.24) is 4.90 Å². The highest BCUT2D eigenvalue weighted by Gasteiger charge is 2.19. The fraction of sp³-hybridized carbons (Fsp3) is 0.316. The van der Waals surface area contributed by atoms with Gasteiger partial charge in [-0.1, -0.05) is 25.1 Å². The Balaban J connectivity index is 1.75. The van der Waals surface area contributed by atoms with Gasteiger partial charge >= 0.3 is 0 Å². The number of hydrogen-bond acceptors (Lipinski definition) is 6. The lowest BCUT2D eigenvalue weighted by molar-refractivity contribution is -0.385. The second-order valence-corrected chi connectivity index (χ2v) is 6.24. The van der Waals surface area contributed by atoms with Crippen LogP contribution in [-0.4, -0.2) is 29.4 Å². The summed E-state index contributed by atoms with van der Waals surface area (Å²) in [6.07, 6.45) is 0.320. The summed E-state index contributed by atoms with van der Waals surface area (Å²) in [5.74, 6) is 1.33. The van der Waals surface area contributed by atoms with Crippen LogP contribution in [-0.2, 0) is 13.1 Å². The number of benzene rings is 2. The first-order chi connectivity index (χ1) is 12.5. The summed E-state index contributed by atoms with van der Waals surface area (Å²) in [6, 6.07) is 10.4. The van der Waals surface area contributed by atoms with Crippen LogP contribution in [0, 0.1) is 10.1 Å². The molecule has 2 aromatic carbocycles. The average molecular weight is 356 g/mol. The second kappa shape index (κ2) is 7.53. The molecular formula is C19H20N2O5. The van der Waals surface area contributed by atoms with Crippen LogP contribution in [0.15, 0.2) is 36.4 Å². The quantitative estimate of drug-likeness (QED) is 0.429. The summed E-state index contributed by atoms with van der Waals surface area (Å²) in [5, 5.41) is 11.4. The number of nitrogens with zero attached hydrogens (tertiary/aromatic N) is 2. The molecule has 0 saturated carbocycles. The van der Waals surface area contributed by atoms with Crippen LogP contribution < -0.4 is 9.47 Å². The summed E-state index contributed by atoms with van der Waals surface area (Å²) >= 11 is 0. The molecule has 7 nitrogen and oxygen atoms in total. The predicted octanol–water partition coefficient (Wildman–Crippen LogP) is 3.55. The topological polar surface area (TPSA) is 81.9 Å². The molecule has 0 amide bonds. The van der Waals surface area contributed by atoms with Crippen molar-refractivity contribution in [3.8, 4) is 11.5 Å².